The van der Waals surface area contributed by atoms with Crippen LogP contribution in [-0.2, 0) is 16.0 Å². The van der Waals surface area contributed by atoms with E-state index in [0.29, 0.717) is 59.5 Å². The van der Waals surface area contributed by atoms with Crippen LogP contribution in [0.15, 0.2) is 59.5 Å². The molecule has 2 aromatic heterocycles. The van der Waals surface area contributed by atoms with E-state index in [1.807, 2.05) is 24.3 Å². The second kappa shape index (κ2) is 14.1. The molecule has 1 saturated heterocycles. The molecule has 0 spiro atoms. The average molecular weight is 625 g/mol. The molecule has 2 aliphatic rings. The third kappa shape index (κ3) is 6.90. The molecule has 2 amide bonds. The van der Waals surface area contributed by atoms with Crippen molar-refractivity contribution in [1.82, 2.24) is 30.6 Å². The number of imide groups is 1. The molecule has 0 unspecified atom stereocenters. The summed E-state index contributed by atoms with van der Waals surface area (Å²) in [5.41, 5.74) is 15.3. The highest BCUT2D eigenvalue weighted by molar-refractivity contribution is 6.17. The van der Waals surface area contributed by atoms with Crippen molar-refractivity contribution >= 4 is 23.5 Å². The first kappa shape index (κ1) is 31.2. The number of hydrogen-bond donors (Lipinski definition) is 4. The molecule has 2 fully saturated rings. The van der Waals surface area contributed by atoms with Gasteiger partial charge in [-0.15, -0.1) is 10.2 Å². The molecule has 13 nitrogen and oxygen atoms in total. The van der Waals surface area contributed by atoms with Crippen LogP contribution in [-0.4, -0.2) is 68.1 Å². The van der Waals surface area contributed by atoms with Crippen LogP contribution in [0.5, 0.6) is 0 Å². The van der Waals surface area contributed by atoms with Gasteiger partial charge < -0.3 is 16.4 Å². The Morgan fingerprint density at radius 3 is 2.28 bits per heavy atom. The predicted octanol–water partition coefficient (Wildman–Crippen LogP) is 2.80. The summed E-state index contributed by atoms with van der Waals surface area (Å²) in [5.74, 6) is 0.390. The third-order valence-electron chi connectivity index (χ3n) is 9.18. The first-order valence-electron chi connectivity index (χ1n) is 16.0. The molecule has 1 saturated carbocycles. The Hall–Kier alpha value is -4.75. The van der Waals surface area contributed by atoms with E-state index in [-0.39, 0.29) is 23.8 Å². The number of nitrogens with zero attached hydrogens (tertiary/aromatic N) is 6. The molecule has 6 rings (SSSR count). The fourth-order valence-corrected chi connectivity index (χ4v) is 6.42. The Balaban J connectivity index is 1.18. The van der Waals surface area contributed by atoms with E-state index < -0.39 is 11.9 Å². The number of nitrogens with one attached hydrogen (secondary N) is 2. The second-order valence-corrected chi connectivity index (χ2v) is 12.3. The second-order valence-electron chi connectivity index (χ2n) is 12.3. The lowest BCUT2D eigenvalue weighted by Gasteiger charge is -2.32. The molecule has 6 N–H and O–H groups in total. The molecule has 2 aromatic carbocycles. The normalized spacial score (nSPS) is 19.0. The number of aromatic nitrogens is 6. The van der Waals surface area contributed by atoms with Crippen LogP contribution in [0.2, 0.25) is 0 Å². The molecule has 3 heterocycles. The molecule has 0 bridgehead atoms. The largest absolute Gasteiger partial charge is 0.342 e. The fourth-order valence-electron chi connectivity index (χ4n) is 6.42. The van der Waals surface area contributed by atoms with Crippen molar-refractivity contribution in [3.63, 3.8) is 0 Å². The summed E-state index contributed by atoms with van der Waals surface area (Å²) in [7, 11) is 0. The number of piperidine rings is 1. The number of carbonyl (C=O) groups is 2. The maximum Gasteiger partial charge on any atom is 0.260 e. The van der Waals surface area contributed by atoms with Crippen LogP contribution in [0.4, 0.5) is 11.6 Å². The van der Waals surface area contributed by atoms with Crippen molar-refractivity contribution in [3.05, 3.63) is 70.6 Å². The number of carbonyl (C=O) groups excluding carboxylic acids is 2. The van der Waals surface area contributed by atoms with Crippen LogP contribution < -0.4 is 26.8 Å². The van der Waals surface area contributed by atoms with Gasteiger partial charge >= 0.3 is 0 Å². The minimum absolute atomic E-state index is 0.199. The minimum atomic E-state index is -0.971. The number of H-pyrrole nitrogens is 2. The van der Waals surface area contributed by atoms with E-state index in [2.05, 4.69) is 35.5 Å². The smallest absolute Gasteiger partial charge is 0.260 e. The standard InChI is InChI=1S/C33H40N10O3/c34-19-22-6-10-25(11-7-22)31(45)43(26-14-12-24(13-15-26)29-38-40-41-39-29)32(46)28(35)18-21-4-8-23(9-5-21)27-20-36-33(37-30(27)44)42-16-2-1-3-17-42/h4-5,8-9,12-15,20,22,25,28H,1-3,6-7,10-11,16-19,34-35H2,(H,36,37,44)(H,38,39,40,41)/t22?,25?,28-/m0/s1. The lowest BCUT2D eigenvalue weighted by Crippen LogP contribution is -2.50. The van der Waals surface area contributed by atoms with Gasteiger partial charge in [-0.3, -0.25) is 19.4 Å². The zero-order valence-corrected chi connectivity index (χ0v) is 25.8. The number of rotatable bonds is 9. The number of tetrazole rings is 1. The topological polar surface area (TPSA) is 193 Å². The average Bonchev–Trinajstić information content (AvgIpc) is 3.65. The van der Waals surface area contributed by atoms with Crippen LogP contribution in [0.25, 0.3) is 22.5 Å². The Kier molecular flexibility index (Phi) is 9.60. The lowest BCUT2D eigenvalue weighted by atomic mass is 9.81. The number of anilines is 2. The van der Waals surface area contributed by atoms with Gasteiger partial charge in [-0.2, -0.15) is 5.21 Å². The van der Waals surface area contributed by atoms with Crippen LogP contribution in [0.3, 0.4) is 0 Å². The molecular weight excluding hydrogens is 584 g/mol. The maximum absolute atomic E-state index is 13.9. The molecular formula is C33H40N10O3. The summed E-state index contributed by atoms with van der Waals surface area (Å²) < 4.78 is 0. The quantitative estimate of drug-likeness (QED) is 0.215. The van der Waals surface area contributed by atoms with Gasteiger partial charge in [0.15, 0.2) is 0 Å². The first-order valence-corrected chi connectivity index (χ1v) is 16.0. The summed E-state index contributed by atoms with van der Waals surface area (Å²) in [6, 6.07) is 13.3. The molecule has 240 valence electrons. The fraction of sp³-hybridized carbons (Fsp3) is 0.424. The molecule has 1 aliphatic heterocycles. The van der Waals surface area contributed by atoms with Crippen LogP contribution in [0, 0.1) is 11.8 Å². The predicted molar refractivity (Wildman–Crippen MR) is 175 cm³/mol. The number of aromatic amines is 2. The van der Waals surface area contributed by atoms with Crippen LogP contribution >= 0.6 is 0 Å². The highest BCUT2D eigenvalue weighted by Gasteiger charge is 2.35. The number of hydrogen-bond acceptors (Lipinski definition) is 10. The van der Waals surface area contributed by atoms with Gasteiger partial charge in [0.2, 0.25) is 17.7 Å². The zero-order valence-electron chi connectivity index (χ0n) is 25.8. The van der Waals surface area contributed by atoms with E-state index in [1.54, 1.807) is 30.5 Å². The van der Waals surface area contributed by atoms with Gasteiger partial charge in [0.25, 0.3) is 11.5 Å². The minimum Gasteiger partial charge on any atom is -0.342 e. The first-order chi connectivity index (χ1) is 22.4. The number of amides is 2. The number of benzene rings is 2. The monoisotopic (exact) mass is 624 g/mol. The van der Waals surface area contributed by atoms with E-state index in [0.717, 1.165) is 44.3 Å². The van der Waals surface area contributed by atoms with Crippen molar-refractivity contribution in [2.24, 2.45) is 23.3 Å². The Bertz CT molecular complexity index is 1670. The van der Waals surface area contributed by atoms with Gasteiger partial charge in [-0.25, -0.2) is 9.88 Å². The molecule has 46 heavy (non-hydrogen) atoms. The van der Waals surface area contributed by atoms with Gasteiger partial charge in [-0.05, 0) is 104 Å². The molecule has 4 aromatic rings. The van der Waals surface area contributed by atoms with E-state index in [9.17, 15) is 14.4 Å². The molecule has 13 heteroatoms. The third-order valence-corrected chi connectivity index (χ3v) is 9.18. The Labute approximate surface area is 266 Å². The maximum atomic E-state index is 13.9. The lowest BCUT2D eigenvalue weighted by molar-refractivity contribution is -0.130. The zero-order chi connectivity index (χ0) is 32.0. The van der Waals surface area contributed by atoms with Gasteiger partial charge in [0.1, 0.15) is 0 Å². The van der Waals surface area contributed by atoms with Crippen molar-refractivity contribution in [1.29, 1.82) is 0 Å². The van der Waals surface area contributed by atoms with E-state index >= 15 is 0 Å². The summed E-state index contributed by atoms with van der Waals surface area (Å²) in [5, 5.41) is 14.0. The van der Waals surface area contributed by atoms with Crippen molar-refractivity contribution < 1.29 is 9.59 Å². The highest BCUT2D eigenvalue weighted by atomic mass is 16.2. The van der Waals surface area contributed by atoms with Crippen molar-refractivity contribution in [3.8, 4) is 22.5 Å². The summed E-state index contributed by atoms with van der Waals surface area (Å²) in [4.78, 5) is 51.5. The molecule has 1 atom stereocenters. The Morgan fingerprint density at radius 2 is 1.65 bits per heavy atom. The SMILES string of the molecule is NCC1CCC(C(=O)N(C(=O)[C@@H](N)Cc2ccc(-c3cnc(N4CCCCC4)[nH]c3=O)cc2)c2ccc(-c3nn[nH]n3)cc2)CC1. The van der Waals surface area contributed by atoms with E-state index in [4.69, 9.17) is 11.5 Å². The highest BCUT2D eigenvalue weighted by Crippen LogP contribution is 2.32. The van der Waals surface area contributed by atoms with Crippen molar-refractivity contribution in [2.45, 2.75) is 57.4 Å². The van der Waals surface area contributed by atoms with Gasteiger partial charge in [0.05, 0.1) is 17.3 Å². The molecule has 1 aliphatic carbocycles. The summed E-state index contributed by atoms with van der Waals surface area (Å²) in [6.07, 6.45) is 8.26. The van der Waals surface area contributed by atoms with E-state index in [1.165, 1.54) is 11.3 Å². The Morgan fingerprint density at radius 1 is 0.957 bits per heavy atom. The summed E-state index contributed by atoms with van der Waals surface area (Å²) >= 11 is 0. The summed E-state index contributed by atoms with van der Waals surface area (Å²) in [6.45, 7) is 2.37. The molecule has 0 radical (unpaired) electrons. The van der Waals surface area contributed by atoms with Gasteiger partial charge in [0, 0.05) is 30.8 Å². The van der Waals surface area contributed by atoms with Crippen molar-refractivity contribution in [2.75, 3.05) is 29.4 Å². The van der Waals surface area contributed by atoms with Gasteiger partial charge in [-0.1, -0.05) is 24.3 Å². The number of nitrogens with two attached hydrogens (primary N) is 2. The van der Waals surface area contributed by atoms with Crippen LogP contribution in [0.1, 0.15) is 50.5 Å².